The third-order valence-corrected chi connectivity index (χ3v) is 3.61. The number of hydrogen-bond donors (Lipinski definition) is 1. The smallest absolute Gasteiger partial charge is 0.253 e. The van der Waals surface area contributed by atoms with Gasteiger partial charge in [0.05, 0.1) is 6.04 Å². The zero-order chi connectivity index (χ0) is 18.7. The van der Waals surface area contributed by atoms with Gasteiger partial charge in [-0.25, -0.2) is 0 Å². The lowest BCUT2D eigenvalue weighted by Gasteiger charge is -2.19. The SMILES string of the molecule is CC.CC(=O)C(NC(=O)CCCCCN1C(=O)C=CC1=O)C(C)C. The van der Waals surface area contributed by atoms with Crippen LogP contribution in [0.4, 0.5) is 0 Å². The van der Waals surface area contributed by atoms with Crippen LogP contribution in [0, 0.1) is 5.92 Å². The van der Waals surface area contributed by atoms with Crippen molar-refractivity contribution in [2.24, 2.45) is 5.92 Å². The summed E-state index contributed by atoms with van der Waals surface area (Å²) in [6.07, 6.45) is 4.96. The molecule has 6 heteroatoms. The number of imide groups is 1. The number of carbonyl (C=O) groups excluding carboxylic acids is 4. The summed E-state index contributed by atoms with van der Waals surface area (Å²) in [5, 5.41) is 2.74. The van der Waals surface area contributed by atoms with Crippen LogP contribution < -0.4 is 5.32 Å². The molecule has 0 aliphatic carbocycles. The second-order valence-electron chi connectivity index (χ2n) is 5.87. The van der Waals surface area contributed by atoms with E-state index < -0.39 is 6.04 Å². The molecule has 1 N–H and O–H groups in total. The van der Waals surface area contributed by atoms with E-state index >= 15 is 0 Å². The van der Waals surface area contributed by atoms with Crippen molar-refractivity contribution in [3.8, 4) is 0 Å². The molecule has 1 rings (SSSR count). The van der Waals surface area contributed by atoms with E-state index in [2.05, 4.69) is 5.32 Å². The molecule has 1 atom stereocenters. The first-order valence-corrected chi connectivity index (χ1v) is 8.66. The first-order chi connectivity index (χ1) is 11.3. The van der Waals surface area contributed by atoms with E-state index in [4.69, 9.17) is 0 Å². The molecule has 0 saturated carbocycles. The summed E-state index contributed by atoms with van der Waals surface area (Å²) >= 11 is 0. The maximum absolute atomic E-state index is 11.8. The Morgan fingerprint density at radius 1 is 1.04 bits per heavy atom. The monoisotopic (exact) mass is 338 g/mol. The van der Waals surface area contributed by atoms with Crippen LogP contribution in [-0.4, -0.2) is 41.0 Å². The van der Waals surface area contributed by atoms with Crippen LogP contribution in [0.15, 0.2) is 12.2 Å². The van der Waals surface area contributed by atoms with Gasteiger partial charge in [-0.05, 0) is 25.7 Å². The van der Waals surface area contributed by atoms with E-state index in [9.17, 15) is 19.2 Å². The highest BCUT2D eigenvalue weighted by atomic mass is 16.2. The normalized spacial score (nSPS) is 14.5. The lowest BCUT2D eigenvalue weighted by atomic mass is 10.0. The Balaban J connectivity index is 0.00000254. The quantitative estimate of drug-likeness (QED) is 0.516. The van der Waals surface area contributed by atoms with Gasteiger partial charge in [0.1, 0.15) is 0 Å². The van der Waals surface area contributed by atoms with Gasteiger partial charge in [-0.1, -0.05) is 34.1 Å². The molecule has 1 aliphatic rings. The summed E-state index contributed by atoms with van der Waals surface area (Å²) in [6, 6.07) is -0.432. The molecule has 0 aromatic rings. The number of rotatable bonds is 9. The molecule has 0 aromatic heterocycles. The van der Waals surface area contributed by atoms with Crippen LogP contribution >= 0.6 is 0 Å². The highest BCUT2D eigenvalue weighted by Crippen LogP contribution is 2.08. The van der Waals surface area contributed by atoms with Crippen molar-refractivity contribution in [3.63, 3.8) is 0 Å². The second kappa shape index (κ2) is 11.5. The summed E-state index contributed by atoms with van der Waals surface area (Å²) in [4.78, 5) is 47.1. The first-order valence-electron chi connectivity index (χ1n) is 8.66. The van der Waals surface area contributed by atoms with Crippen LogP contribution in [0.2, 0.25) is 0 Å². The Labute approximate surface area is 144 Å². The molecule has 6 nitrogen and oxygen atoms in total. The predicted molar refractivity (Wildman–Crippen MR) is 93.1 cm³/mol. The van der Waals surface area contributed by atoms with E-state index in [1.807, 2.05) is 27.7 Å². The molecule has 0 saturated heterocycles. The Bertz CT molecular complexity index is 465. The summed E-state index contributed by atoms with van der Waals surface area (Å²) in [5.41, 5.74) is 0. The first kappa shape index (κ1) is 22.0. The van der Waals surface area contributed by atoms with Crippen LogP contribution in [0.25, 0.3) is 0 Å². The fourth-order valence-electron chi connectivity index (χ4n) is 2.37. The molecule has 24 heavy (non-hydrogen) atoms. The molecule has 0 bridgehead atoms. The summed E-state index contributed by atoms with van der Waals surface area (Å²) in [5.74, 6) is -0.653. The molecular weight excluding hydrogens is 308 g/mol. The van der Waals surface area contributed by atoms with Crippen molar-refractivity contribution in [2.75, 3.05) is 6.54 Å². The van der Waals surface area contributed by atoms with Crippen molar-refractivity contribution in [2.45, 2.75) is 66.3 Å². The lowest BCUT2D eigenvalue weighted by Crippen LogP contribution is -2.43. The number of nitrogens with one attached hydrogen (secondary N) is 1. The molecule has 1 unspecified atom stereocenters. The maximum Gasteiger partial charge on any atom is 0.253 e. The second-order valence-corrected chi connectivity index (χ2v) is 5.87. The van der Waals surface area contributed by atoms with Gasteiger partial charge in [0, 0.05) is 25.1 Å². The molecule has 0 aromatic carbocycles. The molecule has 0 spiro atoms. The summed E-state index contributed by atoms with van der Waals surface area (Å²) in [6.45, 7) is 9.65. The molecule has 0 radical (unpaired) electrons. The summed E-state index contributed by atoms with van der Waals surface area (Å²) < 4.78 is 0. The van der Waals surface area contributed by atoms with Crippen molar-refractivity contribution in [1.82, 2.24) is 10.2 Å². The molecule has 1 aliphatic heterocycles. The molecule has 136 valence electrons. The lowest BCUT2D eigenvalue weighted by molar-refractivity contribution is -0.137. The Hall–Kier alpha value is -1.98. The van der Waals surface area contributed by atoms with Gasteiger partial charge in [-0.3, -0.25) is 24.1 Å². The van der Waals surface area contributed by atoms with E-state index in [-0.39, 0.29) is 29.4 Å². The number of Topliss-reactive ketones (excluding diaryl/α,β-unsaturated/α-hetero) is 1. The highest BCUT2D eigenvalue weighted by molar-refractivity contribution is 6.12. The topological polar surface area (TPSA) is 83.6 Å². The highest BCUT2D eigenvalue weighted by Gasteiger charge is 2.22. The maximum atomic E-state index is 11.8. The van der Waals surface area contributed by atoms with Crippen LogP contribution in [0.5, 0.6) is 0 Å². The standard InChI is InChI=1S/C16H24N2O4.C2H6/c1-11(2)16(12(3)19)17-13(20)7-5-4-6-10-18-14(21)8-9-15(18)22;1-2/h8-9,11,16H,4-7,10H2,1-3H3,(H,17,20);1-2H3. The van der Waals surface area contributed by atoms with Crippen molar-refractivity contribution < 1.29 is 19.2 Å². The number of amides is 3. The Morgan fingerprint density at radius 2 is 1.58 bits per heavy atom. The van der Waals surface area contributed by atoms with Crippen molar-refractivity contribution >= 4 is 23.5 Å². The average molecular weight is 338 g/mol. The number of hydrogen-bond acceptors (Lipinski definition) is 4. The molecule has 0 fully saturated rings. The number of ketones is 1. The minimum Gasteiger partial charge on any atom is -0.346 e. The van der Waals surface area contributed by atoms with Gasteiger partial charge < -0.3 is 5.32 Å². The Kier molecular flexibility index (Phi) is 10.6. The van der Waals surface area contributed by atoms with Crippen LogP contribution in [0.3, 0.4) is 0 Å². The fourth-order valence-corrected chi connectivity index (χ4v) is 2.37. The van der Waals surface area contributed by atoms with Gasteiger partial charge in [0.25, 0.3) is 11.8 Å². The van der Waals surface area contributed by atoms with Crippen molar-refractivity contribution in [3.05, 3.63) is 12.2 Å². The molecule has 1 heterocycles. The third kappa shape index (κ3) is 7.53. The third-order valence-electron chi connectivity index (χ3n) is 3.61. The van der Waals surface area contributed by atoms with E-state index in [0.29, 0.717) is 25.8 Å². The Morgan fingerprint density at radius 3 is 2.04 bits per heavy atom. The van der Waals surface area contributed by atoms with E-state index in [1.165, 1.54) is 24.0 Å². The van der Waals surface area contributed by atoms with Gasteiger partial charge in [-0.2, -0.15) is 0 Å². The van der Waals surface area contributed by atoms with Crippen LogP contribution in [0.1, 0.15) is 60.3 Å². The van der Waals surface area contributed by atoms with Crippen LogP contribution in [-0.2, 0) is 19.2 Å². The van der Waals surface area contributed by atoms with Gasteiger partial charge >= 0.3 is 0 Å². The minimum atomic E-state index is -0.432. The van der Waals surface area contributed by atoms with E-state index in [1.54, 1.807) is 0 Å². The van der Waals surface area contributed by atoms with Gasteiger partial charge in [-0.15, -0.1) is 0 Å². The number of nitrogens with zero attached hydrogens (tertiary/aromatic N) is 1. The number of carbonyl (C=O) groups is 4. The number of unbranched alkanes of at least 4 members (excludes halogenated alkanes) is 2. The van der Waals surface area contributed by atoms with Gasteiger partial charge in [0.2, 0.25) is 5.91 Å². The van der Waals surface area contributed by atoms with E-state index in [0.717, 1.165) is 6.42 Å². The van der Waals surface area contributed by atoms with Crippen molar-refractivity contribution in [1.29, 1.82) is 0 Å². The predicted octanol–water partition coefficient (Wildman–Crippen LogP) is 2.23. The molecular formula is C18H30N2O4. The minimum absolute atomic E-state index is 0.0399. The molecule has 3 amide bonds. The summed E-state index contributed by atoms with van der Waals surface area (Å²) in [7, 11) is 0. The largest absolute Gasteiger partial charge is 0.346 e. The zero-order valence-electron chi connectivity index (χ0n) is 15.4. The fraction of sp³-hybridized carbons (Fsp3) is 0.667. The zero-order valence-corrected chi connectivity index (χ0v) is 15.4. The van der Waals surface area contributed by atoms with Gasteiger partial charge in [0.15, 0.2) is 5.78 Å². The average Bonchev–Trinajstić information content (AvgIpc) is 2.85.